The lowest BCUT2D eigenvalue weighted by atomic mass is 9.92. The normalized spacial score (nSPS) is 17.3. The first-order chi connectivity index (χ1) is 9.99. The molecule has 134 valence electrons. The minimum Gasteiger partial charge on any atom is -0.379 e. The molecule has 3 nitrogen and oxygen atoms in total. The van der Waals surface area contributed by atoms with E-state index in [1.807, 2.05) is 0 Å². The van der Waals surface area contributed by atoms with Crippen molar-refractivity contribution >= 4 is 0 Å². The van der Waals surface area contributed by atoms with Gasteiger partial charge in [-0.2, -0.15) is 0 Å². The summed E-state index contributed by atoms with van der Waals surface area (Å²) in [6, 6.07) is 0. The van der Waals surface area contributed by atoms with Crippen molar-refractivity contribution in [2.45, 2.75) is 74.3 Å². The molecule has 1 fully saturated rings. The first-order valence-corrected chi connectivity index (χ1v) is 8.91. The highest BCUT2D eigenvalue weighted by atomic mass is 16.5. The van der Waals surface area contributed by atoms with Crippen LogP contribution >= 0.6 is 0 Å². The van der Waals surface area contributed by atoms with Gasteiger partial charge in [0.25, 0.3) is 0 Å². The highest BCUT2D eigenvalue weighted by Gasteiger charge is 2.15. The van der Waals surface area contributed by atoms with E-state index in [4.69, 9.17) is 9.47 Å². The Morgan fingerprint density at radius 3 is 1.82 bits per heavy atom. The van der Waals surface area contributed by atoms with E-state index in [0.29, 0.717) is 16.9 Å². The van der Waals surface area contributed by atoms with Gasteiger partial charge in [-0.25, -0.2) is 0 Å². The molecule has 1 saturated heterocycles. The van der Waals surface area contributed by atoms with Crippen LogP contribution in [0, 0.1) is 10.8 Å². The first kappa shape index (κ1) is 21.9. The number of hydrogen-bond acceptors (Lipinski definition) is 3. The molecule has 0 aromatic heterocycles. The number of morpholine rings is 1. The second kappa shape index (κ2) is 10.6. The average Bonchev–Trinajstić information content (AvgIpc) is 2.35. The van der Waals surface area contributed by atoms with Crippen molar-refractivity contribution in [3.63, 3.8) is 0 Å². The predicted octanol–water partition coefficient (Wildman–Crippen LogP) is 4.60. The molecule has 0 spiro atoms. The minimum absolute atomic E-state index is 0.377. The van der Waals surface area contributed by atoms with Crippen LogP contribution in [0.15, 0.2) is 0 Å². The van der Waals surface area contributed by atoms with Crippen LogP contribution in [0.1, 0.15) is 68.2 Å². The van der Waals surface area contributed by atoms with Crippen molar-refractivity contribution < 1.29 is 9.47 Å². The van der Waals surface area contributed by atoms with Crippen LogP contribution in [0.4, 0.5) is 0 Å². The van der Waals surface area contributed by atoms with E-state index >= 15 is 0 Å². The van der Waals surface area contributed by atoms with Crippen molar-refractivity contribution in [1.82, 2.24) is 4.90 Å². The van der Waals surface area contributed by atoms with Gasteiger partial charge in [-0.15, -0.1) is 0 Å². The SMILES string of the molecule is CC(C)(C)CCN1CCOCC1.CC(C)OCCC(C)(C)C. The van der Waals surface area contributed by atoms with Crippen LogP contribution in [-0.2, 0) is 9.47 Å². The predicted molar refractivity (Wildman–Crippen MR) is 96.5 cm³/mol. The van der Waals surface area contributed by atoms with Gasteiger partial charge in [0.2, 0.25) is 0 Å². The quantitative estimate of drug-likeness (QED) is 0.740. The summed E-state index contributed by atoms with van der Waals surface area (Å²) in [6.07, 6.45) is 2.81. The van der Waals surface area contributed by atoms with E-state index in [-0.39, 0.29) is 0 Å². The standard InChI is InChI=1S/C10H21NO.C9H20O/c1-10(2,3)4-5-11-6-8-12-9-7-11;1-8(2)10-7-6-9(3,4)5/h4-9H2,1-3H3;8H,6-7H2,1-5H3. The summed E-state index contributed by atoms with van der Waals surface area (Å²) >= 11 is 0. The first-order valence-electron chi connectivity index (χ1n) is 8.91. The zero-order valence-electron chi connectivity index (χ0n) is 16.5. The van der Waals surface area contributed by atoms with E-state index in [2.05, 4.69) is 60.3 Å². The Hall–Kier alpha value is -0.120. The largest absolute Gasteiger partial charge is 0.379 e. The molecule has 0 atom stereocenters. The third-order valence-corrected chi connectivity index (χ3v) is 3.58. The van der Waals surface area contributed by atoms with E-state index in [9.17, 15) is 0 Å². The lowest BCUT2D eigenvalue weighted by molar-refractivity contribution is 0.0333. The molecule has 0 amide bonds. The maximum absolute atomic E-state index is 5.42. The topological polar surface area (TPSA) is 21.7 Å². The lowest BCUT2D eigenvalue weighted by Crippen LogP contribution is -2.37. The number of nitrogens with zero attached hydrogens (tertiary/aromatic N) is 1. The van der Waals surface area contributed by atoms with E-state index < -0.39 is 0 Å². The molecule has 0 aliphatic carbocycles. The van der Waals surface area contributed by atoms with Gasteiger partial charge in [0.15, 0.2) is 0 Å². The van der Waals surface area contributed by atoms with Crippen LogP contribution in [0.25, 0.3) is 0 Å². The lowest BCUT2D eigenvalue weighted by Gasteiger charge is -2.29. The Balaban J connectivity index is 0.000000409. The average molecular weight is 316 g/mol. The molecule has 0 aromatic rings. The fourth-order valence-electron chi connectivity index (χ4n) is 1.92. The molecular formula is C19H41NO2. The summed E-state index contributed by atoms with van der Waals surface area (Å²) < 4.78 is 10.7. The van der Waals surface area contributed by atoms with Gasteiger partial charge in [0.05, 0.1) is 19.3 Å². The van der Waals surface area contributed by atoms with E-state index in [1.165, 1.54) is 13.0 Å². The van der Waals surface area contributed by atoms with Crippen LogP contribution in [0.2, 0.25) is 0 Å². The van der Waals surface area contributed by atoms with Gasteiger partial charge < -0.3 is 9.47 Å². The second-order valence-corrected chi connectivity index (χ2v) is 8.99. The fraction of sp³-hybridized carbons (Fsp3) is 1.00. The Morgan fingerprint density at radius 2 is 1.41 bits per heavy atom. The van der Waals surface area contributed by atoms with Gasteiger partial charge in [0, 0.05) is 19.7 Å². The summed E-state index contributed by atoms with van der Waals surface area (Å²) in [5, 5.41) is 0. The van der Waals surface area contributed by atoms with Crippen LogP contribution in [-0.4, -0.2) is 50.5 Å². The van der Waals surface area contributed by atoms with Crippen molar-refractivity contribution in [2.75, 3.05) is 39.5 Å². The zero-order chi connectivity index (χ0) is 17.2. The summed E-state index contributed by atoms with van der Waals surface area (Å²) in [5.41, 5.74) is 0.882. The molecular weight excluding hydrogens is 274 g/mol. The molecule has 0 radical (unpaired) electrons. The van der Waals surface area contributed by atoms with E-state index in [0.717, 1.165) is 39.3 Å². The highest BCUT2D eigenvalue weighted by Crippen LogP contribution is 2.19. The molecule has 22 heavy (non-hydrogen) atoms. The van der Waals surface area contributed by atoms with Crippen molar-refractivity contribution in [3.8, 4) is 0 Å². The summed E-state index contributed by atoms with van der Waals surface area (Å²) in [6.45, 7) is 23.9. The van der Waals surface area contributed by atoms with E-state index in [1.54, 1.807) is 0 Å². The Morgan fingerprint density at radius 1 is 0.909 bits per heavy atom. The zero-order valence-corrected chi connectivity index (χ0v) is 16.5. The third-order valence-electron chi connectivity index (χ3n) is 3.58. The Kier molecular flexibility index (Phi) is 10.6. The van der Waals surface area contributed by atoms with Gasteiger partial charge in [0.1, 0.15) is 0 Å². The monoisotopic (exact) mass is 315 g/mol. The molecule has 1 aliphatic rings. The molecule has 0 unspecified atom stereocenters. The molecule has 1 heterocycles. The highest BCUT2D eigenvalue weighted by molar-refractivity contribution is 4.67. The van der Waals surface area contributed by atoms with Crippen LogP contribution < -0.4 is 0 Å². The van der Waals surface area contributed by atoms with Crippen molar-refractivity contribution in [2.24, 2.45) is 10.8 Å². The minimum atomic E-state index is 0.377. The Bertz CT molecular complexity index is 258. The van der Waals surface area contributed by atoms with Gasteiger partial charge in [-0.05, 0) is 44.1 Å². The summed E-state index contributed by atoms with van der Waals surface area (Å²) in [4.78, 5) is 2.49. The van der Waals surface area contributed by atoms with Crippen molar-refractivity contribution in [3.05, 3.63) is 0 Å². The molecule has 0 N–H and O–H groups in total. The molecule has 0 aromatic carbocycles. The van der Waals surface area contributed by atoms with Crippen LogP contribution in [0.5, 0.6) is 0 Å². The van der Waals surface area contributed by atoms with Gasteiger partial charge in [-0.1, -0.05) is 41.5 Å². The van der Waals surface area contributed by atoms with Crippen LogP contribution in [0.3, 0.4) is 0 Å². The molecule has 0 bridgehead atoms. The van der Waals surface area contributed by atoms with Crippen molar-refractivity contribution in [1.29, 1.82) is 0 Å². The van der Waals surface area contributed by atoms with Gasteiger partial charge >= 0.3 is 0 Å². The number of rotatable bonds is 5. The molecule has 1 aliphatic heterocycles. The Labute approximate surface area is 139 Å². The fourth-order valence-corrected chi connectivity index (χ4v) is 1.92. The second-order valence-electron chi connectivity index (χ2n) is 8.99. The summed E-state index contributed by atoms with van der Waals surface area (Å²) in [7, 11) is 0. The maximum atomic E-state index is 5.42. The third kappa shape index (κ3) is 16.3. The maximum Gasteiger partial charge on any atom is 0.0594 e. The number of ether oxygens (including phenoxy) is 2. The number of hydrogen-bond donors (Lipinski definition) is 0. The van der Waals surface area contributed by atoms with Gasteiger partial charge in [-0.3, -0.25) is 4.90 Å². The smallest absolute Gasteiger partial charge is 0.0594 e. The molecule has 0 saturated carbocycles. The summed E-state index contributed by atoms with van der Waals surface area (Å²) in [5.74, 6) is 0. The molecule has 3 heteroatoms. The molecule has 1 rings (SSSR count).